The minimum absolute atomic E-state index is 0.169. The molecular formula is C17H29N7O7. The predicted molar refractivity (Wildman–Crippen MR) is 105 cm³/mol. The molecule has 4 atom stereocenters. The molecule has 31 heavy (non-hydrogen) atoms. The van der Waals surface area contributed by atoms with Gasteiger partial charge in [-0.05, 0) is 19.3 Å². The normalized spacial score (nSPS) is 18.5. The average Bonchev–Trinajstić information content (AvgIpc) is 3.18. The highest BCUT2D eigenvalue weighted by Gasteiger charge is 2.38. The zero-order chi connectivity index (χ0) is 23.7. The van der Waals surface area contributed by atoms with Gasteiger partial charge in [-0.1, -0.05) is 0 Å². The second-order valence-electron chi connectivity index (χ2n) is 7.18. The van der Waals surface area contributed by atoms with Crippen molar-refractivity contribution < 1.29 is 33.9 Å². The number of hydrogen-bond donors (Lipinski definition) is 7. The lowest BCUT2D eigenvalue weighted by atomic mass is 10.1. The number of aliphatic hydroxyl groups excluding tert-OH is 1. The fourth-order valence-corrected chi connectivity index (χ4v) is 3.12. The summed E-state index contributed by atoms with van der Waals surface area (Å²) >= 11 is 0. The van der Waals surface area contributed by atoms with E-state index in [0.717, 1.165) is 0 Å². The summed E-state index contributed by atoms with van der Waals surface area (Å²) in [6, 6.07) is -4.88. The van der Waals surface area contributed by atoms with Crippen molar-refractivity contribution in [1.29, 1.82) is 0 Å². The third-order valence-electron chi connectivity index (χ3n) is 4.73. The lowest BCUT2D eigenvalue weighted by Gasteiger charge is -2.28. The largest absolute Gasteiger partial charge is 0.394 e. The van der Waals surface area contributed by atoms with Gasteiger partial charge in [0.2, 0.25) is 35.4 Å². The van der Waals surface area contributed by atoms with Gasteiger partial charge in [0.25, 0.3) is 0 Å². The van der Waals surface area contributed by atoms with Gasteiger partial charge in [-0.15, -0.1) is 0 Å². The SMILES string of the molecule is NC(=O)CC[C@H](NC(=O)[C@H](CC(N)=O)NC(=O)[C@@H]1CCCN1C(=O)[C@@H](N)CO)C(N)=O. The van der Waals surface area contributed by atoms with Crippen LogP contribution in [0, 0.1) is 0 Å². The Morgan fingerprint density at radius 1 is 1.00 bits per heavy atom. The highest BCUT2D eigenvalue weighted by atomic mass is 16.3. The summed E-state index contributed by atoms with van der Waals surface area (Å²) in [5, 5.41) is 13.7. The van der Waals surface area contributed by atoms with Gasteiger partial charge in [0.15, 0.2) is 0 Å². The van der Waals surface area contributed by atoms with Crippen molar-refractivity contribution in [3.8, 4) is 0 Å². The van der Waals surface area contributed by atoms with Gasteiger partial charge in [0, 0.05) is 13.0 Å². The number of carbonyl (C=O) groups excluding carboxylic acids is 6. The Balaban J connectivity index is 2.90. The average molecular weight is 443 g/mol. The molecule has 0 aromatic carbocycles. The van der Waals surface area contributed by atoms with E-state index >= 15 is 0 Å². The Kier molecular flexibility index (Phi) is 9.82. The third-order valence-corrected chi connectivity index (χ3v) is 4.73. The predicted octanol–water partition coefficient (Wildman–Crippen LogP) is -5.11. The van der Waals surface area contributed by atoms with Crippen LogP contribution in [-0.4, -0.2) is 82.8 Å². The second-order valence-corrected chi connectivity index (χ2v) is 7.18. The van der Waals surface area contributed by atoms with E-state index in [0.29, 0.717) is 6.42 Å². The fraction of sp³-hybridized carbons (Fsp3) is 0.647. The molecule has 0 bridgehead atoms. The number of rotatable bonds is 12. The summed E-state index contributed by atoms with van der Waals surface area (Å²) in [5.74, 6) is -4.85. The van der Waals surface area contributed by atoms with Crippen molar-refractivity contribution in [3.05, 3.63) is 0 Å². The molecule has 0 aromatic rings. The van der Waals surface area contributed by atoms with Crippen LogP contribution in [0.1, 0.15) is 32.1 Å². The quantitative estimate of drug-likeness (QED) is 0.153. The summed E-state index contributed by atoms with van der Waals surface area (Å²) < 4.78 is 0. The highest BCUT2D eigenvalue weighted by molar-refractivity contribution is 5.96. The van der Waals surface area contributed by atoms with E-state index in [2.05, 4.69) is 10.6 Å². The minimum Gasteiger partial charge on any atom is -0.394 e. The number of carbonyl (C=O) groups is 6. The zero-order valence-corrected chi connectivity index (χ0v) is 16.9. The topological polar surface area (TPSA) is 254 Å². The lowest BCUT2D eigenvalue weighted by molar-refractivity contribution is -0.141. The Morgan fingerprint density at radius 3 is 2.16 bits per heavy atom. The standard InChI is InChI=1S/C17H29N7O7/c18-8(7-25)17(31)24-5-1-2-11(24)16(30)23-10(6-13(20)27)15(29)22-9(14(21)28)3-4-12(19)26/h8-11,25H,1-7,18H2,(H2,19,26)(H2,20,27)(H2,21,28)(H,22,29)(H,23,30)/t8-,9-,10-,11-/m0/s1. The van der Waals surface area contributed by atoms with E-state index in [1.54, 1.807) is 0 Å². The molecule has 0 spiro atoms. The third kappa shape index (κ3) is 7.82. The minimum atomic E-state index is -1.45. The Morgan fingerprint density at radius 2 is 1.65 bits per heavy atom. The molecule has 1 saturated heterocycles. The second kappa shape index (κ2) is 11.8. The highest BCUT2D eigenvalue weighted by Crippen LogP contribution is 2.18. The van der Waals surface area contributed by atoms with Crippen LogP contribution >= 0.6 is 0 Å². The van der Waals surface area contributed by atoms with E-state index in [9.17, 15) is 28.8 Å². The van der Waals surface area contributed by atoms with Crippen LogP contribution in [0.4, 0.5) is 0 Å². The summed E-state index contributed by atoms with van der Waals surface area (Å²) in [7, 11) is 0. The van der Waals surface area contributed by atoms with Crippen molar-refractivity contribution in [3.63, 3.8) is 0 Å². The van der Waals surface area contributed by atoms with E-state index in [1.807, 2.05) is 0 Å². The maximum atomic E-state index is 12.7. The van der Waals surface area contributed by atoms with Crippen LogP contribution in [0.5, 0.6) is 0 Å². The van der Waals surface area contributed by atoms with Gasteiger partial charge in [-0.3, -0.25) is 28.8 Å². The molecular weight excluding hydrogens is 414 g/mol. The molecule has 0 aliphatic carbocycles. The maximum Gasteiger partial charge on any atom is 0.243 e. The monoisotopic (exact) mass is 443 g/mol. The zero-order valence-electron chi connectivity index (χ0n) is 16.9. The smallest absolute Gasteiger partial charge is 0.243 e. The van der Waals surface area contributed by atoms with Gasteiger partial charge < -0.3 is 43.6 Å². The van der Waals surface area contributed by atoms with Gasteiger partial charge >= 0.3 is 0 Å². The number of hydrogen-bond acceptors (Lipinski definition) is 8. The number of likely N-dealkylation sites (tertiary alicyclic amines) is 1. The van der Waals surface area contributed by atoms with Crippen LogP contribution in [-0.2, 0) is 28.8 Å². The number of nitrogens with one attached hydrogen (secondary N) is 2. The van der Waals surface area contributed by atoms with Gasteiger partial charge in [0.1, 0.15) is 24.2 Å². The van der Waals surface area contributed by atoms with Crippen molar-refractivity contribution in [2.24, 2.45) is 22.9 Å². The molecule has 1 fully saturated rings. The van der Waals surface area contributed by atoms with Gasteiger partial charge in [0.05, 0.1) is 13.0 Å². The number of amides is 6. The first-order valence-corrected chi connectivity index (χ1v) is 9.61. The molecule has 0 aromatic heterocycles. The molecule has 14 heteroatoms. The molecule has 1 aliphatic heterocycles. The van der Waals surface area contributed by atoms with Gasteiger partial charge in [-0.25, -0.2) is 0 Å². The molecule has 0 saturated carbocycles. The van der Waals surface area contributed by atoms with E-state index in [-0.39, 0.29) is 25.8 Å². The number of nitrogens with two attached hydrogens (primary N) is 4. The Labute approximate surface area is 178 Å². The molecule has 1 rings (SSSR count). The number of nitrogens with zero attached hydrogens (tertiary/aromatic N) is 1. The summed E-state index contributed by atoms with van der Waals surface area (Å²) in [5.41, 5.74) is 20.9. The molecule has 0 radical (unpaired) electrons. The molecule has 11 N–H and O–H groups in total. The van der Waals surface area contributed by atoms with Crippen molar-refractivity contribution in [2.45, 2.75) is 56.3 Å². The lowest BCUT2D eigenvalue weighted by Crippen LogP contribution is -2.58. The van der Waals surface area contributed by atoms with Crippen LogP contribution in [0.15, 0.2) is 0 Å². The maximum absolute atomic E-state index is 12.7. The van der Waals surface area contributed by atoms with Crippen molar-refractivity contribution in [1.82, 2.24) is 15.5 Å². The first-order chi connectivity index (χ1) is 14.5. The molecule has 1 aliphatic rings. The Hall–Kier alpha value is -3.26. The number of primary amides is 3. The molecule has 0 unspecified atom stereocenters. The first kappa shape index (κ1) is 25.8. The van der Waals surface area contributed by atoms with Crippen LogP contribution in [0.3, 0.4) is 0 Å². The summed E-state index contributed by atoms with van der Waals surface area (Å²) in [6.45, 7) is -0.371. The fourth-order valence-electron chi connectivity index (χ4n) is 3.12. The first-order valence-electron chi connectivity index (χ1n) is 9.61. The summed E-state index contributed by atoms with van der Waals surface area (Å²) in [4.78, 5) is 72.6. The van der Waals surface area contributed by atoms with E-state index in [1.165, 1.54) is 4.90 Å². The van der Waals surface area contributed by atoms with E-state index < -0.39 is 72.6 Å². The molecule has 6 amide bonds. The molecule has 174 valence electrons. The number of aliphatic hydroxyl groups is 1. The summed E-state index contributed by atoms with van der Waals surface area (Å²) in [6.07, 6.45) is -0.215. The van der Waals surface area contributed by atoms with Crippen LogP contribution < -0.4 is 33.6 Å². The molecule has 14 nitrogen and oxygen atoms in total. The van der Waals surface area contributed by atoms with Crippen LogP contribution in [0.25, 0.3) is 0 Å². The van der Waals surface area contributed by atoms with Crippen molar-refractivity contribution >= 4 is 35.4 Å². The van der Waals surface area contributed by atoms with Gasteiger partial charge in [-0.2, -0.15) is 0 Å². The van der Waals surface area contributed by atoms with Crippen LogP contribution in [0.2, 0.25) is 0 Å². The molecule has 1 heterocycles. The van der Waals surface area contributed by atoms with Crippen molar-refractivity contribution in [2.75, 3.05) is 13.2 Å². The Bertz CT molecular complexity index is 730. The van der Waals surface area contributed by atoms with E-state index in [4.69, 9.17) is 28.0 Å².